The van der Waals surface area contributed by atoms with Crippen LogP contribution >= 0.6 is 0 Å². The zero-order valence-electron chi connectivity index (χ0n) is 16.1. The number of aliphatic imine (C=N–C) groups is 1. The van der Waals surface area contributed by atoms with Gasteiger partial charge in [0.2, 0.25) is 0 Å². The van der Waals surface area contributed by atoms with Crippen molar-refractivity contribution in [1.82, 2.24) is 19.9 Å². The van der Waals surface area contributed by atoms with E-state index in [-0.39, 0.29) is 11.3 Å². The van der Waals surface area contributed by atoms with E-state index in [0.717, 1.165) is 27.7 Å². The highest BCUT2D eigenvalue weighted by Gasteiger charge is 2.13. The zero-order valence-corrected chi connectivity index (χ0v) is 16.1. The fourth-order valence-corrected chi connectivity index (χ4v) is 2.55. The van der Waals surface area contributed by atoms with Crippen molar-refractivity contribution >= 4 is 22.8 Å². The molecular weight excluding hydrogens is 338 g/mol. The highest BCUT2D eigenvalue weighted by molar-refractivity contribution is 5.93. The number of aryl methyl sites for hydroxylation is 1. The predicted octanol–water partition coefficient (Wildman–Crippen LogP) is 3.13. The Labute approximate surface area is 158 Å². The lowest BCUT2D eigenvalue weighted by atomic mass is 9.92. The average molecular weight is 363 g/mol. The summed E-state index contributed by atoms with van der Waals surface area (Å²) in [5.41, 5.74) is 16.6. The number of H-pyrrole nitrogens is 1. The predicted molar refractivity (Wildman–Crippen MR) is 109 cm³/mol. The second-order valence-electron chi connectivity index (χ2n) is 7.68. The highest BCUT2D eigenvalue weighted by atomic mass is 15.1. The number of hydrogen-bond acceptors (Lipinski definition) is 5. The van der Waals surface area contributed by atoms with E-state index in [2.05, 4.69) is 31.0 Å². The van der Waals surface area contributed by atoms with Crippen molar-refractivity contribution in [3.63, 3.8) is 0 Å². The van der Waals surface area contributed by atoms with Gasteiger partial charge in [0.25, 0.3) is 5.95 Å². The molecule has 0 unspecified atom stereocenters. The summed E-state index contributed by atoms with van der Waals surface area (Å²) in [6, 6.07) is 2.13. The maximum atomic E-state index is 6.01. The van der Waals surface area contributed by atoms with E-state index in [1.165, 1.54) is 0 Å². The molecule has 3 aromatic heterocycles. The van der Waals surface area contributed by atoms with Crippen LogP contribution in [0.1, 0.15) is 37.5 Å². The third-order valence-corrected chi connectivity index (χ3v) is 4.24. The Morgan fingerprint density at radius 3 is 2.52 bits per heavy atom. The summed E-state index contributed by atoms with van der Waals surface area (Å²) in [7, 11) is 0. The van der Waals surface area contributed by atoms with Crippen LogP contribution in [-0.4, -0.2) is 25.8 Å². The molecule has 0 amide bonds. The lowest BCUT2D eigenvalue weighted by molar-refractivity contribution is 0.498. The van der Waals surface area contributed by atoms with Crippen molar-refractivity contribution < 1.29 is 0 Å². The second-order valence-corrected chi connectivity index (χ2v) is 7.68. The molecule has 0 aromatic carbocycles. The summed E-state index contributed by atoms with van der Waals surface area (Å²) in [6.07, 6.45) is 9.71. The smallest absolute Gasteiger partial charge is 0.251 e. The lowest BCUT2D eigenvalue weighted by Crippen LogP contribution is -2.21. The molecule has 140 valence electrons. The van der Waals surface area contributed by atoms with Crippen LogP contribution in [0.4, 0.5) is 5.95 Å². The maximum absolute atomic E-state index is 6.01. The third-order valence-electron chi connectivity index (χ3n) is 4.24. The first-order valence-corrected chi connectivity index (χ1v) is 8.78. The van der Waals surface area contributed by atoms with Gasteiger partial charge in [-0.05, 0) is 35.8 Å². The molecule has 0 atom stereocenters. The first-order chi connectivity index (χ1) is 12.7. The Balaban J connectivity index is 1.77. The average Bonchev–Trinajstić information content (AvgIpc) is 2.98. The van der Waals surface area contributed by atoms with Crippen molar-refractivity contribution in [3.05, 3.63) is 59.3 Å². The van der Waals surface area contributed by atoms with Gasteiger partial charge in [-0.2, -0.15) is 4.99 Å². The second kappa shape index (κ2) is 7.19. The molecule has 0 bridgehead atoms. The fraction of sp³-hybridized carbons (Fsp3) is 0.300. The van der Waals surface area contributed by atoms with Crippen molar-refractivity contribution in [3.8, 4) is 0 Å². The fourth-order valence-electron chi connectivity index (χ4n) is 2.55. The Bertz CT molecular complexity index is 1000. The van der Waals surface area contributed by atoms with Crippen LogP contribution in [0.25, 0.3) is 11.0 Å². The van der Waals surface area contributed by atoms with Gasteiger partial charge in [0.1, 0.15) is 11.5 Å². The largest absolute Gasteiger partial charge is 0.401 e. The molecule has 3 rings (SSSR count). The van der Waals surface area contributed by atoms with Gasteiger partial charge < -0.3 is 16.5 Å². The van der Waals surface area contributed by atoms with Crippen LogP contribution in [0.15, 0.2) is 47.6 Å². The summed E-state index contributed by atoms with van der Waals surface area (Å²) in [5, 5.41) is 1.11. The molecular formula is C20H25N7. The summed E-state index contributed by atoms with van der Waals surface area (Å²) >= 11 is 0. The Morgan fingerprint density at radius 1 is 1.15 bits per heavy atom. The van der Waals surface area contributed by atoms with Crippen LogP contribution < -0.4 is 11.5 Å². The van der Waals surface area contributed by atoms with Gasteiger partial charge in [-0.3, -0.25) is 0 Å². The molecule has 0 spiro atoms. The van der Waals surface area contributed by atoms with Crippen LogP contribution in [0.5, 0.6) is 0 Å². The zero-order chi connectivity index (χ0) is 19.6. The van der Waals surface area contributed by atoms with E-state index in [9.17, 15) is 0 Å². The van der Waals surface area contributed by atoms with Gasteiger partial charge in [-0.15, -0.1) is 0 Å². The molecule has 0 aliphatic heterocycles. The number of amidine groups is 1. The molecule has 0 saturated heterocycles. The first-order valence-electron chi connectivity index (χ1n) is 8.78. The number of nitrogens with one attached hydrogen (secondary N) is 1. The first kappa shape index (κ1) is 18.6. The number of nitrogens with zero attached hydrogens (tertiary/aromatic N) is 4. The van der Waals surface area contributed by atoms with Crippen molar-refractivity contribution in [2.24, 2.45) is 21.9 Å². The molecule has 3 aromatic rings. The molecule has 0 aliphatic rings. The van der Waals surface area contributed by atoms with Gasteiger partial charge in [0, 0.05) is 47.7 Å². The van der Waals surface area contributed by atoms with Gasteiger partial charge in [0.15, 0.2) is 0 Å². The highest BCUT2D eigenvalue weighted by Crippen LogP contribution is 2.21. The minimum atomic E-state index is -0.169. The summed E-state index contributed by atoms with van der Waals surface area (Å²) in [6.45, 7) is 8.07. The number of fused-ring (bicyclic) bond motifs is 1. The molecule has 7 nitrogen and oxygen atoms in total. The summed E-state index contributed by atoms with van der Waals surface area (Å²) in [5.74, 6) is 0.596. The van der Waals surface area contributed by atoms with Crippen molar-refractivity contribution in [2.75, 3.05) is 0 Å². The Morgan fingerprint density at radius 2 is 1.85 bits per heavy atom. The van der Waals surface area contributed by atoms with Crippen LogP contribution in [0, 0.1) is 12.3 Å². The number of aromatic nitrogens is 4. The Hall–Kier alpha value is -3.22. The lowest BCUT2D eigenvalue weighted by Gasteiger charge is -2.18. The van der Waals surface area contributed by atoms with Gasteiger partial charge in [-0.25, -0.2) is 15.0 Å². The number of aromatic amines is 1. The normalized spacial score (nSPS) is 13.3. The molecule has 0 aliphatic carbocycles. The van der Waals surface area contributed by atoms with Gasteiger partial charge in [-0.1, -0.05) is 20.8 Å². The minimum Gasteiger partial charge on any atom is -0.401 e. The maximum Gasteiger partial charge on any atom is 0.251 e. The number of hydrogen-bond donors (Lipinski definition) is 3. The van der Waals surface area contributed by atoms with E-state index >= 15 is 0 Å². The van der Waals surface area contributed by atoms with Gasteiger partial charge >= 0.3 is 0 Å². The molecule has 3 heterocycles. The standard InChI is InChI=1S/C20H25N7/c1-12-5-15-14(11-24-18(15)23-8-12)6-13-9-25-19(26-10-13)27-17(22)7-16(21)20(2,3)4/h5,7-11H,6,21H2,1-4H3,(H,23,24)(H2,22,25,26,27). The quantitative estimate of drug-likeness (QED) is 0.486. The molecule has 0 radical (unpaired) electrons. The monoisotopic (exact) mass is 363 g/mol. The minimum absolute atomic E-state index is 0.169. The molecule has 27 heavy (non-hydrogen) atoms. The molecule has 0 fully saturated rings. The van der Waals surface area contributed by atoms with E-state index in [0.29, 0.717) is 18.1 Å². The number of allylic oxidation sites excluding steroid dienone is 1. The number of pyridine rings is 1. The summed E-state index contributed by atoms with van der Waals surface area (Å²) in [4.78, 5) is 20.4. The number of rotatable bonds is 4. The van der Waals surface area contributed by atoms with Crippen LogP contribution in [0.2, 0.25) is 0 Å². The van der Waals surface area contributed by atoms with Crippen LogP contribution in [0.3, 0.4) is 0 Å². The van der Waals surface area contributed by atoms with Crippen molar-refractivity contribution in [2.45, 2.75) is 34.1 Å². The van der Waals surface area contributed by atoms with Gasteiger partial charge in [0.05, 0.1) is 0 Å². The summed E-state index contributed by atoms with van der Waals surface area (Å²) < 4.78 is 0. The third kappa shape index (κ3) is 4.49. The topological polar surface area (TPSA) is 119 Å². The van der Waals surface area contributed by atoms with E-state index in [1.54, 1.807) is 18.5 Å². The van der Waals surface area contributed by atoms with Crippen LogP contribution in [-0.2, 0) is 6.42 Å². The molecule has 5 N–H and O–H groups in total. The van der Waals surface area contributed by atoms with E-state index in [1.807, 2.05) is 40.1 Å². The van der Waals surface area contributed by atoms with E-state index in [4.69, 9.17) is 11.5 Å². The van der Waals surface area contributed by atoms with Crippen molar-refractivity contribution in [1.29, 1.82) is 0 Å². The SMILES string of the molecule is Cc1cnc2[nH]cc(Cc3cnc(N=C(N)C=C(N)C(C)(C)C)nc3)c2c1. The Kier molecular flexibility index (Phi) is 4.94. The van der Waals surface area contributed by atoms with E-state index < -0.39 is 0 Å². The molecule has 0 saturated carbocycles. The molecule has 7 heteroatoms. The number of nitrogens with two attached hydrogens (primary N) is 2.